The van der Waals surface area contributed by atoms with Crippen LogP contribution in [0.15, 0.2) is 42.6 Å². The third-order valence-electron chi connectivity index (χ3n) is 4.42. The van der Waals surface area contributed by atoms with Gasteiger partial charge in [-0.25, -0.2) is 4.98 Å². The fourth-order valence-corrected chi connectivity index (χ4v) is 3.12. The van der Waals surface area contributed by atoms with E-state index in [0.29, 0.717) is 11.4 Å². The monoisotopic (exact) mass is 353 g/mol. The molecule has 2 aromatic rings. The van der Waals surface area contributed by atoms with Crippen molar-refractivity contribution in [2.24, 2.45) is 0 Å². The van der Waals surface area contributed by atoms with Gasteiger partial charge >= 0.3 is 0 Å². The predicted octanol–water partition coefficient (Wildman–Crippen LogP) is 4.63. The first-order chi connectivity index (χ1) is 12.6. The Labute approximate surface area is 155 Å². The van der Waals surface area contributed by atoms with Crippen molar-refractivity contribution in [3.05, 3.63) is 48.2 Å². The minimum atomic E-state index is 0.0782. The van der Waals surface area contributed by atoms with E-state index >= 15 is 0 Å². The first-order valence-electron chi connectivity index (χ1n) is 9.41. The van der Waals surface area contributed by atoms with E-state index in [1.165, 1.54) is 12.8 Å². The largest absolute Gasteiger partial charge is 0.489 e. The van der Waals surface area contributed by atoms with Gasteiger partial charge in [0.15, 0.2) is 0 Å². The second-order valence-corrected chi connectivity index (χ2v) is 6.93. The van der Waals surface area contributed by atoms with Crippen molar-refractivity contribution in [1.29, 1.82) is 0 Å². The van der Waals surface area contributed by atoms with Gasteiger partial charge in [0.05, 0.1) is 17.4 Å². The molecule has 138 valence electrons. The van der Waals surface area contributed by atoms with E-state index in [9.17, 15) is 4.79 Å². The molecule has 0 atom stereocenters. The average Bonchev–Trinajstić information content (AvgIpc) is 2.92. The number of anilines is 2. The number of nitrogens with one attached hydrogen (secondary N) is 1. The van der Waals surface area contributed by atoms with Gasteiger partial charge in [-0.3, -0.25) is 4.79 Å². The number of hydrogen-bond acceptors (Lipinski definition) is 4. The van der Waals surface area contributed by atoms with E-state index in [-0.39, 0.29) is 12.0 Å². The van der Waals surface area contributed by atoms with Gasteiger partial charge in [-0.15, -0.1) is 0 Å². The van der Waals surface area contributed by atoms with E-state index in [1.807, 2.05) is 55.1 Å². The maximum absolute atomic E-state index is 12.6. The molecule has 5 nitrogen and oxygen atoms in total. The van der Waals surface area contributed by atoms with E-state index in [0.717, 1.165) is 37.4 Å². The molecule has 0 aliphatic carbocycles. The summed E-state index contributed by atoms with van der Waals surface area (Å²) in [5, 5.41) is 3.27. The van der Waals surface area contributed by atoms with Crippen molar-refractivity contribution >= 4 is 17.4 Å². The minimum Gasteiger partial charge on any atom is -0.489 e. The minimum absolute atomic E-state index is 0.0782. The zero-order valence-electron chi connectivity index (χ0n) is 15.6. The highest BCUT2D eigenvalue weighted by molar-refractivity contribution is 5.94. The number of amides is 1. The summed E-state index contributed by atoms with van der Waals surface area (Å²) in [4.78, 5) is 19.0. The fourth-order valence-electron chi connectivity index (χ4n) is 3.12. The highest BCUT2D eigenvalue weighted by Crippen LogP contribution is 2.27. The van der Waals surface area contributed by atoms with Crippen molar-refractivity contribution < 1.29 is 9.53 Å². The SMILES string of the molecule is CC(C)Oc1ccccc1Nc1ccc(C(=O)N2CCCCCC2)cn1. The van der Waals surface area contributed by atoms with Crippen molar-refractivity contribution in [3.8, 4) is 5.75 Å². The van der Waals surface area contributed by atoms with Gasteiger partial charge in [0, 0.05) is 19.3 Å². The van der Waals surface area contributed by atoms with Gasteiger partial charge in [0.25, 0.3) is 5.91 Å². The first-order valence-corrected chi connectivity index (χ1v) is 9.41. The van der Waals surface area contributed by atoms with E-state index in [4.69, 9.17) is 4.74 Å². The van der Waals surface area contributed by atoms with Crippen molar-refractivity contribution in [2.45, 2.75) is 45.6 Å². The maximum atomic E-state index is 12.6. The molecule has 1 aromatic carbocycles. The first kappa shape index (κ1) is 18.2. The second-order valence-electron chi connectivity index (χ2n) is 6.93. The van der Waals surface area contributed by atoms with Crippen LogP contribution in [0.5, 0.6) is 5.75 Å². The predicted molar refractivity (Wildman–Crippen MR) is 104 cm³/mol. The number of likely N-dealkylation sites (tertiary alicyclic amines) is 1. The topological polar surface area (TPSA) is 54.5 Å². The third kappa shape index (κ3) is 4.75. The van der Waals surface area contributed by atoms with Crippen molar-refractivity contribution in [3.63, 3.8) is 0 Å². The Balaban J connectivity index is 1.69. The van der Waals surface area contributed by atoms with Gasteiger partial charge in [-0.05, 0) is 51.0 Å². The standard InChI is InChI=1S/C21H27N3O2/c1-16(2)26-19-10-6-5-9-18(19)23-20-12-11-17(15-22-20)21(25)24-13-7-3-4-8-14-24/h5-6,9-12,15-16H,3-4,7-8,13-14H2,1-2H3,(H,22,23). The van der Waals surface area contributed by atoms with Gasteiger partial charge in [-0.2, -0.15) is 0 Å². The van der Waals surface area contributed by atoms with Crippen LogP contribution < -0.4 is 10.1 Å². The lowest BCUT2D eigenvalue weighted by Crippen LogP contribution is -2.31. The molecule has 0 bridgehead atoms. The summed E-state index contributed by atoms with van der Waals surface area (Å²) in [6.45, 7) is 5.69. The van der Waals surface area contributed by atoms with E-state index in [1.54, 1.807) is 6.20 Å². The summed E-state index contributed by atoms with van der Waals surface area (Å²) in [5.74, 6) is 1.56. The molecule has 2 heterocycles. The molecule has 1 aromatic heterocycles. The summed E-state index contributed by atoms with van der Waals surface area (Å²) in [5.41, 5.74) is 1.50. The molecule has 5 heteroatoms. The van der Waals surface area contributed by atoms with Gasteiger partial charge in [0.2, 0.25) is 0 Å². The zero-order chi connectivity index (χ0) is 18.4. The van der Waals surface area contributed by atoms with Crippen LogP contribution in [0.1, 0.15) is 49.9 Å². The summed E-state index contributed by atoms with van der Waals surface area (Å²) in [6, 6.07) is 11.5. The number of nitrogens with zero attached hydrogens (tertiary/aromatic N) is 2. The number of benzene rings is 1. The van der Waals surface area contributed by atoms with Crippen LogP contribution >= 0.6 is 0 Å². The maximum Gasteiger partial charge on any atom is 0.255 e. The molecule has 0 spiro atoms. The second kappa shape index (κ2) is 8.70. The number of para-hydroxylation sites is 2. The Bertz CT molecular complexity index is 720. The molecular formula is C21H27N3O2. The Morgan fingerprint density at radius 1 is 1.08 bits per heavy atom. The van der Waals surface area contributed by atoms with Crippen molar-refractivity contribution in [2.75, 3.05) is 18.4 Å². The van der Waals surface area contributed by atoms with Crippen LogP contribution in [0.2, 0.25) is 0 Å². The van der Waals surface area contributed by atoms with E-state index in [2.05, 4.69) is 10.3 Å². The molecule has 1 N–H and O–H groups in total. The van der Waals surface area contributed by atoms with Gasteiger partial charge in [-0.1, -0.05) is 25.0 Å². The summed E-state index contributed by atoms with van der Waals surface area (Å²) in [7, 11) is 0. The van der Waals surface area contributed by atoms with Crippen LogP contribution in [-0.4, -0.2) is 35.0 Å². The van der Waals surface area contributed by atoms with Crippen molar-refractivity contribution in [1.82, 2.24) is 9.88 Å². The lowest BCUT2D eigenvalue weighted by Gasteiger charge is -2.20. The summed E-state index contributed by atoms with van der Waals surface area (Å²) < 4.78 is 5.82. The van der Waals surface area contributed by atoms with Gasteiger partial charge in [0.1, 0.15) is 11.6 Å². The molecule has 0 unspecified atom stereocenters. The van der Waals surface area contributed by atoms with Crippen LogP contribution in [0, 0.1) is 0 Å². The molecule has 0 radical (unpaired) electrons. The summed E-state index contributed by atoms with van der Waals surface area (Å²) >= 11 is 0. The molecule has 26 heavy (non-hydrogen) atoms. The normalized spacial score (nSPS) is 14.8. The number of ether oxygens (including phenoxy) is 1. The Morgan fingerprint density at radius 3 is 2.46 bits per heavy atom. The quantitative estimate of drug-likeness (QED) is 0.851. The lowest BCUT2D eigenvalue weighted by atomic mass is 10.2. The number of carbonyl (C=O) groups excluding carboxylic acids is 1. The number of carbonyl (C=O) groups is 1. The zero-order valence-corrected chi connectivity index (χ0v) is 15.6. The smallest absolute Gasteiger partial charge is 0.255 e. The highest BCUT2D eigenvalue weighted by Gasteiger charge is 2.17. The molecule has 1 amide bonds. The molecule has 1 saturated heterocycles. The molecule has 0 saturated carbocycles. The average molecular weight is 353 g/mol. The van der Waals surface area contributed by atoms with Gasteiger partial charge < -0.3 is 15.0 Å². The van der Waals surface area contributed by atoms with Crippen LogP contribution in [-0.2, 0) is 0 Å². The molecular weight excluding hydrogens is 326 g/mol. The Morgan fingerprint density at radius 2 is 1.81 bits per heavy atom. The molecule has 1 fully saturated rings. The van der Waals surface area contributed by atoms with Crippen LogP contribution in [0.25, 0.3) is 0 Å². The number of hydrogen-bond donors (Lipinski definition) is 1. The van der Waals surface area contributed by atoms with E-state index < -0.39 is 0 Å². The number of aromatic nitrogens is 1. The van der Waals surface area contributed by atoms with Crippen LogP contribution in [0.3, 0.4) is 0 Å². The number of pyridine rings is 1. The molecule has 1 aliphatic heterocycles. The molecule has 1 aliphatic rings. The lowest BCUT2D eigenvalue weighted by molar-refractivity contribution is 0.0761. The fraction of sp³-hybridized carbons (Fsp3) is 0.429. The summed E-state index contributed by atoms with van der Waals surface area (Å²) in [6.07, 6.45) is 6.35. The number of rotatable bonds is 5. The molecule has 3 rings (SSSR count). The Hall–Kier alpha value is -2.56. The van der Waals surface area contributed by atoms with Crippen LogP contribution in [0.4, 0.5) is 11.5 Å². The highest BCUT2D eigenvalue weighted by atomic mass is 16.5. The third-order valence-corrected chi connectivity index (χ3v) is 4.42. The Kier molecular flexibility index (Phi) is 6.10.